The summed E-state index contributed by atoms with van der Waals surface area (Å²) in [5.41, 5.74) is 2.29. The van der Waals surface area contributed by atoms with Gasteiger partial charge in [-0.2, -0.15) is 5.10 Å². The second-order valence-corrected chi connectivity index (χ2v) is 6.68. The average Bonchev–Trinajstić information content (AvgIpc) is 2.88. The number of halogens is 2. The van der Waals surface area contributed by atoms with Gasteiger partial charge in [0, 0.05) is 23.2 Å². The Morgan fingerprint density at radius 3 is 2.59 bits per heavy atom. The number of hydrogen-bond donors (Lipinski definition) is 1. The van der Waals surface area contributed by atoms with Crippen LogP contribution in [-0.4, -0.2) is 34.3 Å². The lowest BCUT2D eigenvalue weighted by atomic mass is 10.2. The molecule has 1 atom stereocenters. The van der Waals surface area contributed by atoms with Gasteiger partial charge in [0.25, 0.3) is 5.91 Å². The van der Waals surface area contributed by atoms with E-state index < -0.39 is 12.1 Å². The summed E-state index contributed by atoms with van der Waals surface area (Å²) in [4.78, 5) is 23.5. The number of nitrogens with zero attached hydrogens (tertiary/aromatic N) is 2. The molecule has 27 heavy (non-hydrogen) atoms. The van der Waals surface area contributed by atoms with Crippen molar-refractivity contribution in [1.82, 2.24) is 15.1 Å². The molecule has 0 radical (unpaired) electrons. The number of aryl methyl sites for hydroxylation is 1. The zero-order valence-corrected chi connectivity index (χ0v) is 16.8. The van der Waals surface area contributed by atoms with E-state index in [4.69, 9.17) is 27.9 Å². The van der Waals surface area contributed by atoms with E-state index in [1.54, 1.807) is 30.7 Å². The van der Waals surface area contributed by atoms with Gasteiger partial charge in [-0.15, -0.1) is 0 Å². The molecular weight excluding hydrogens is 389 g/mol. The van der Waals surface area contributed by atoms with Crippen LogP contribution in [0.5, 0.6) is 0 Å². The quantitative estimate of drug-likeness (QED) is 0.559. The number of rotatable bonds is 7. The fraction of sp³-hybridized carbons (Fsp3) is 0.316. The van der Waals surface area contributed by atoms with Gasteiger partial charge in [0.2, 0.25) is 0 Å². The Kier molecular flexibility index (Phi) is 7.45. The Morgan fingerprint density at radius 1 is 1.30 bits per heavy atom. The lowest BCUT2D eigenvalue weighted by Gasteiger charge is -2.10. The number of hydrogen-bond acceptors (Lipinski definition) is 4. The van der Waals surface area contributed by atoms with Gasteiger partial charge in [-0.25, -0.2) is 9.48 Å². The average molecular weight is 410 g/mol. The molecule has 0 saturated heterocycles. The third-order valence-corrected chi connectivity index (χ3v) is 4.40. The SMILES string of the molecule is CCNC(=O)[C@H](C)OC(=O)/C=C/c1c(C)nn(Cc2ccc(Cl)cc2)c1Cl. The molecule has 1 amide bonds. The number of amides is 1. The number of nitrogens with one attached hydrogen (secondary N) is 1. The summed E-state index contributed by atoms with van der Waals surface area (Å²) in [6.07, 6.45) is 1.90. The molecule has 0 fully saturated rings. The monoisotopic (exact) mass is 409 g/mol. The van der Waals surface area contributed by atoms with Gasteiger partial charge in [-0.1, -0.05) is 35.3 Å². The summed E-state index contributed by atoms with van der Waals surface area (Å²) in [5, 5.41) is 8.06. The fourth-order valence-corrected chi connectivity index (χ4v) is 2.78. The van der Waals surface area contributed by atoms with Gasteiger partial charge in [0.15, 0.2) is 6.10 Å². The third-order valence-electron chi connectivity index (χ3n) is 3.75. The van der Waals surface area contributed by atoms with E-state index in [-0.39, 0.29) is 5.91 Å². The molecule has 0 unspecified atom stereocenters. The summed E-state index contributed by atoms with van der Waals surface area (Å²) in [6.45, 7) is 6.05. The fourth-order valence-electron chi connectivity index (χ4n) is 2.36. The van der Waals surface area contributed by atoms with Crippen LogP contribution in [0.25, 0.3) is 6.08 Å². The number of esters is 1. The highest BCUT2D eigenvalue weighted by atomic mass is 35.5. The van der Waals surface area contributed by atoms with Crippen molar-refractivity contribution in [1.29, 1.82) is 0 Å². The van der Waals surface area contributed by atoms with Gasteiger partial charge < -0.3 is 10.1 Å². The summed E-state index contributed by atoms with van der Waals surface area (Å²) in [6, 6.07) is 7.39. The largest absolute Gasteiger partial charge is 0.449 e. The van der Waals surface area contributed by atoms with Crippen LogP contribution in [0.15, 0.2) is 30.3 Å². The van der Waals surface area contributed by atoms with Crippen LogP contribution >= 0.6 is 23.2 Å². The first-order chi connectivity index (χ1) is 12.8. The van der Waals surface area contributed by atoms with Crippen LogP contribution < -0.4 is 5.32 Å². The number of aromatic nitrogens is 2. The van der Waals surface area contributed by atoms with Gasteiger partial charge >= 0.3 is 5.97 Å². The second kappa shape index (κ2) is 9.58. The number of benzene rings is 1. The maximum Gasteiger partial charge on any atom is 0.331 e. The first-order valence-corrected chi connectivity index (χ1v) is 9.21. The van der Waals surface area contributed by atoms with Crippen molar-refractivity contribution in [3.63, 3.8) is 0 Å². The van der Waals surface area contributed by atoms with Gasteiger partial charge in [0.1, 0.15) is 5.15 Å². The molecule has 0 aliphatic carbocycles. The number of likely N-dealkylation sites (N-methyl/N-ethyl adjacent to an activating group) is 1. The minimum absolute atomic E-state index is 0.343. The van der Waals surface area contributed by atoms with E-state index in [0.29, 0.717) is 34.5 Å². The standard InChI is InChI=1S/C19H21Cl2N3O3/c1-4-22-19(26)13(3)27-17(25)10-9-16-12(2)23-24(18(16)21)11-14-5-7-15(20)8-6-14/h5-10,13H,4,11H2,1-3H3,(H,22,26)/b10-9+/t13-/m0/s1. The van der Waals surface area contributed by atoms with E-state index in [1.165, 1.54) is 19.1 Å². The van der Waals surface area contributed by atoms with Crippen molar-refractivity contribution in [3.05, 3.63) is 57.3 Å². The molecule has 0 aliphatic heterocycles. The molecule has 1 N–H and O–H groups in total. The van der Waals surface area contributed by atoms with Gasteiger partial charge in [-0.3, -0.25) is 4.79 Å². The second-order valence-electron chi connectivity index (χ2n) is 5.88. The highest BCUT2D eigenvalue weighted by Gasteiger charge is 2.16. The number of carbonyl (C=O) groups excluding carboxylic acids is 2. The van der Waals surface area contributed by atoms with Crippen LogP contribution in [0.4, 0.5) is 0 Å². The molecule has 1 aromatic heterocycles. The predicted octanol–water partition coefficient (Wildman–Crippen LogP) is 3.63. The Hall–Kier alpha value is -2.31. The van der Waals surface area contributed by atoms with Crippen molar-refractivity contribution < 1.29 is 14.3 Å². The molecule has 1 heterocycles. The Labute approximate surface area is 168 Å². The van der Waals surface area contributed by atoms with Gasteiger partial charge in [-0.05, 0) is 44.5 Å². The van der Waals surface area contributed by atoms with Crippen LogP contribution in [-0.2, 0) is 20.9 Å². The lowest BCUT2D eigenvalue weighted by Crippen LogP contribution is -2.35. The van der Waals surface area contributed by atoms with Crippen LogP contribution in [0.2, 0.25) is 10.2 Å². The van der Waals surface area contributed by atoms with Crippen molar-refractivity contribution in [3.8, 4) is 0 Å². The van der Waals surface area contributed by atoms with Crippen molar-refractivity contribution in [2.45, 2.75) is 33.4 Å². The van der Waals surface area contributed by atoms with Crippen LogP contribution in [0.1, 0.15) is 30.7 Å². The lowest BCUT2D eigenvalue weighted by molar-refractivity contribution is -0.150. The van der Waals surface area contributed by atoms with Crippen LogP contribution in [0.3, 0.4) is 0 Å². The third kappa shape index (κ3) is 5.84. The van der Waals surface area contributed by atoms with E-state index in [2.05, 4.69) is 10.4 Å². The van der Waals surface area contributed by atoms with Gasteiger partial charge in [0.05, 0.1) is 12.2 Å². The summed E-state index contributed by atoms with van der Waals surface area (Å²) in [7, 11) is 0. The Balaban J connectivity index is 2.07. The summed E-state index contributed by atoms with van der Waals surface area (Å²) < 4.78 is 6.70. The predicted molar refractivity (Wildman–Crippen MR) is 106 cm³/mol. The molecule has 144 valence electrons. The van der Waals surface area contributed by atoms with Crippen molar-refractivity contribution in [2.24, 2.45) is 0 Å². The molecule has 8 heteroatoms. The zero-order valence-electron chi connectivity index (χ0n) is 15.3. The zero-order chi connectivity index (χ0) is 20.0. The summed E-state index contributed by atoms with van der Waals surface area (Å²) >= 11 is 12.3. The minimum atomic E-state index is -0.869. The van der Waals surface area contributed by atoms with E-state index in [9.17, 15) is 9.59 Å². The first-order valence-electron chi connectivity index (χ1n) is 8.45. The molecule has 6 nitrogen and oxygen atoms in total. The smallest absolute Gasteiger partial charge is 0.331 e. The van der Waals surface area contributed by atoms with Crippen molar-refractivity contribution in [2.75, 3.05) is 6.54 Å². The minimum Gasteiger partial charge on any atom is -0.449 e. The first kappa shape index (κ1) is 21.0. The molecule has 0 aliphatic rings. The number of carbonyl (C=O) groups is 2. The Morgan fingerprint density at radius 2 is 1.96 bits per heavy atom. The molecule has 0 spiro atoms. The van der Waals surface area contributed by atoms with E-state index >= 15 is 0 Å². The van der Waals surface area contributed by atoms with E-state index in [1.807, 2.05) is 12.1 Å². The summed E-state index contributed by atoms with van der Waals surface area (Å²) in [5.74, 6) is -0.973. The number of ether oxygens (including phenoxy) is 1. The molecule has 0 bridgehead atoms. The topological polar surface area (TPSA) is 73.2 Å². The highest BCUT2D eigenvalue weighted by molar-refractivity contribution is 6.31. The maximum absolute atomic E-state index is 11.9. The van der Waals surface area contributed by atoms with E-state index in [0.717, 1.165) is 5.56 Å². The highest BCUT2D eigenvalue weighted by Crippen LogP contribution is 2.22. The molecular formula is C19H21Cl2N3O3. The van der Waals surface area contributed by atoms with Crippen LogP contribution in [0, 0.1) is 6.92 Å². The van der Waals surface area contributed by atoms with Crippen molar-refractivity contribution >= 4 is 41.2 Å². The molecule has 2 rings (SSSR count). The maximum atomic E-state index is 11.9. The molecule has 2 aromatic rings. The normalized spacial score (nSPS) is 12.2. The Bertz CT molecular complexity index is 845. The molecule has 0 saturated carbocycles. The molecule has 1 aromatic carbocycles.